The van der Waals surface area contributed by atoms with Crippen LogP contribution in [0.3, 0.4) is 0 Å². The first-order valence-corrected chi connectivity index (χ1v) is 11.5. The molecule has 5 heteroatoms. The van der Waals surface area contributed by atoms with E-state index in [0.717, 1.165) is 47.5 Å². The van der Waals surface area contributed by atoms with Gasteiger partial charge in [0.05, 0.1) is 0 Å². The molecule has 0 radical (unpaired) electrons. The Kier molecular flexibility index (Phi) is 5.41. The highest BCUT2D eigenvalue weighted by atomic mass is 16.2. The average Bonchev–Trinajstić information content (AvgIpc) is 3.42. The maximum absolute atomic E-state index is 13.8. The molecular weight excluding hydrogens is 398 g/mol. The number of hydrogen-bond donors (Lipinski definition) is 0. The number of amides is 1. The SMILES string of the molecule is Cc1ccccc1Cc1c(C(=O)N2CC3CCC2C3)c(=O)cc(C)n1Cc1ccncc1. The lowest BCUT2D eigenvalue weighted by molar-refractivity contribution is 0.0700. The number of carbonyl (C=O) groups is 1. The quantitative estimate of drug-likeness (QED) is 0.615. The van der Waals surface area contributed by atoms with Crippen LogP contribution < -0.4 is 5.43 Å². The van der Waals surface area contributed by atoms with Crippen LogP contribution in [0.25, 0.3) is 0 Å². The molecule has 1 aromatic carbocycles. The summed E-state index contributed by atoms with van der Waals surface area (Å²) in [6.07, 6.45) is 7.45. The molecule has 2 unspecified atom stereocenters. The van der Waals surface area contributed by atoms with E-state index in [2.05, 4.69) is 28.6 Å². The number of pyridine rings is 2. The van der Waals surface area contributed by atoms with Crippen LogP contribution in [0.4, 0.5) is 0 Å². The molecule has 1 saturated carbocycles. The standard InChI is InChI=1S/C27H29N3O2/c1-18-5-3-4-6-22(18)15-24-26(27(32)30-17-21-7-8-23(30)14-21)25(31)13-19(2)29(24)16-20-9-11-28-12-10-20/h3-6,9-13,21,23H,7-8,14-17H2,1-2H3. The minimum absolute atomic E-state index is 0.0886. The third kappa shape index (κ3) is 3.77. The molecule has 164 valence electrons. The summed E-state index contributed by atoms with van der Waals surface area (Å²) >= 11 is 0. The Morgan fingerprint density at radius 1 is 1.09 bits per heavy atom. The highest BCUT2D eigenvalue weighted by molar-refractivity contribution is 5.96. The van der Waals surface area contributed by atoms with Gasteiger partial charge in [-0.05, 0) is 67.9 Å². The van der Waals surface area contributed by atoms with Crippen LogP contribution in [0.5, 0.6) is 0 Å². The van der Waals surface area contributed by atoms with E-state index in [1.807, 2.05) is 36.1 Å². The minimum atomic E-state index is -0.162. The number of rotatable bonds is 5. The smallest absolute Gasteiger partial charge is 0.259 e. The molecule has 1 aliphatic carbocycles. The van der Waals surface area contributed by atoms with Crippen LogP contribution in [0, 0.1) is 19.8 Å². The molecule has 2 aromatic heterocycles. The second-order valence-electron chi connectivity index (χ2n) is 9.31. The molecule has 2 aliphatic rings. The lowest BCUT2D eigenvalue weighted by Crippen LogP contribution is -2.41. The summed E-state index contributed by atoms with van der Waals surface area (Å²) in [6, 6.07) is 14.1. The fourth-order valence-electron chi connectivity index (χ4n) is 5.44. The first-order chi connectivity index (χ1) is 15.5. The number of carbonyl (C=O) groups excluding carboxylic acids is 1. The Labute approximate surface area is 188 Å². The summed E-state index contributed by atoms with van der Waals surface area (Å²) in [6.45, 7) is 5.42. The van der Waals surface area contributed by atoms with Crippen molar-refractivity contribution in [1.29, 1.82) is 0 Å². The van der Waals surface area contributed by atoms with Crippen molar-refractivity contribution in [2.24, 2.45) is 5.92 Å². The van der Waals surface area contributed by atoms with Gasteiger partial charge in [-0.1, -0.05) is 24.3 Å². The Hall–Kier alpha value is -3.21. The van der Waals surface area contributed by atoms with Gasteiger partial charge in [0, 0.05) is 55.4 Å². The summed E-state index contributed by atoms with van der Waals surface area (Å²) in [5.74, 6) is 0.502. The van der Waals surface area contributed by atoms with Crippen LogP contribution in [-0.2, 0) is 13.0 Å². The Bertz CT molecular complexity index is 1220. The summed E-state index contributed by atoms with van der Waals surface area (Å²) in [5, 5.41) is 0. The van der Waals surface area contributed by atoms with E-state index in [9.17, 15) is 9.59 Å². The Morgan fingerprint density at radius 2 is 1.88 bits per heavy atom. The van der Waals surface area contributed by atoms with Gasteiger partial charge < -0.3 is 9.47 Å². The largest absolute Gasteiger partial charge is 0.343 e. The molecule has 3 heterocycles. The Balaban J connectivity index is 1.64. The van der Waals surface area contributed by atoms with Crippen LogP contribution in [-0.4, -0.2) is 32.9 Å². The van der Waals surface area contributed by atoms with E-state index >= 15 is 0 Å². The number of fused-ring (bicyclic) bond motifs is 2. The molecule has 1 amide bonds. The molecule has 0 spiro atoms. The second kappa shape index (κ2) is 8.38. The third-order valence-corrected chi connectivity index (χ3v) is 7.22. The van der Waals surface area contributed by atoms with Crippen LogP contribution in [0.2, 0.25) is 0 Å². The first kappa shape index (κ1) is 20.7. The van der Waals surface area contributed by atoms with Gasteiger partial charge in [-0.2, -0.15) is 0 Å². The summed E-state index contributed by atoms with van der Waals surface area (Å²) in [5.41, 5.74) is 5.26. The van der Waals surface area contributed by atoms with E-state index in [0.29, 0.717) is 24.4 Å². The maximum atomic E-state index is 13.8. The Morgan fingerprint density at radius 3 is 2.56 bits per heavy atom. The molecule has 32 heavy (non-hydrogen) atoms. The zero-order valence-corrected chi connectivity index (χ0v) is 18.8. The molecule has 5 rings (SSSR count). The summed E-state index contributed by atoms with van der Waals surface area (Å²) in [7, 11) is 0. The monoisotopic (exact) mass is 427 g/mol. The fraction of sp³-hybridized carbons (Fsp3) is 0.370. The lowest BCUT2D eigenvalue weighted by atomic mass is 9.98. The number of nitrogens with zero attached hydrogens (tertiary/aromatic N) is 3. The van der Waals surface area contributed by atoms with E-state index in [1.165, 1.54) is 6.42 Å². The molecule has 2 atom stereocenters. The third-order valence-electron chi connectivity index (χ3n) is 7.22. The van der Waals surface area contributed by atoms with Gasteiger partial charge in [-0.15, -0.1) is 0 Å². The maximum Gasteiger partial charge on any atom is 0.259 e. The van der Waals surface area contributed by atoms with Gasteiger partial charge in [0.15, 0.2) is 5.43 Å². The number of hydrogen-bond acceptors (Lipinski definition) is 3. The molecule has 5 nitrogen and oxygen atoms in total. The lowest BCUT2D eigenvalue weighted by Gasteiger charge is -2.29. The van der Waals surface area contributed by atoms with E-state index < -0.39 is 0 Å². The molecule has 2 bridgehead atoms. The molecule has 1 saturated heterocycles. The van der Waals surface area contributed by atoms with Crippen molar-refractivity contribution in [2.75, 3.05) is 6.54 Å². The molecular formula is C27H29N3O2. The van der Waals surface area contributed by atoms with Crippen LogP contribution >= 0.6 is 0 Å². The molecule has 3 aromatic rings. The number of benzene rings is 1. The van der Waals surface area contributed by atoms with Gasteiger partial charge in [0.25, 0.3) is 5.91 Å². The van der Waals surface area contributed by atoms with Crippen LogP contribution in [0.1, 0.15) is 57.7 Å². The number of piperidine rings is 1. The average molecular weight is 428 g/mol. The normalized spacial score (nSPS) is 19.5. The molecule has 0 N–H and O–H groups in total. The summed E-state index contributed by atoms with van der Waals surface area (Å²) < 4.78 is 2.14. The topological polar surface area (TPSA) is 55.2 Å². The van der Waals surface area contributed by atoms with E-state index in [-0.39, 0.29) is 17.4 Å². The fourth-order valence-corrected chi connectivity index (χ4v) is 5.44. The zero-order valence-electron chi connectivity index (χ0n) is 18.8. The molecule has 2 fully saturated rings. The van der Waals surface area contributed by atoms with Crippen molar-refractivity contribution in [3.63, 3.8) is 0 Å². The van der Waals surface area contributed by atoms with Crippen molar-refractivity contribution in [1.82, 2.24) is 14.5 Å². The van der Waals surface area contributed by atoms with Gasteiger partial charge in [-0.3, -0.25) is 14.6 Å². The van der Waals surface area contributed by atoms with Gasteiger partial charge >= 0.3 is 0 Å². The van der Waals surface area contributed by atoms with E-state index in [1.54, 1.807) is 18.5 Å². The van der Waals surface area contributed by atoms with Gasteiger partial charge in [0.1, 0.15) is 5.56 Å². The number of likely N-dealkylation sites (tertiary alicyclic amines) is 1. The van der Waals surface area contributed by atoms with Crippen molar-refractivity contribution >= 4 is 5.91 Å². The zero-order chi connectivity index (χ0) is 22.2. The van der Waals surface area contributed by atoms with Crippen molar-refractivity contribution in [3.05, 3.63) is 98.7 Å². The minimum Gasteiger partial charge on any atom is -0.343 e. The van der Waals surface area contributed by atoms with Gasteiger partial charge in [-0.25, -0.2) is 0 Å². The van der Waals surface area contributed by atoms with Gasteiger partial charge in [0.2, 0.25) is 0 Å². The second-order valence-corrected chi connectivity index (χ2v) is 9.31. The van der Waals surface area contributed by atoms with E-state index in [4.69, 9.17) is 0 Å². The van der Waals surface area contributed by atoms with Crippen molar-refractivity contribution < 1.29 is 4.79 Å². The first-order valence-electron chi connectivity index (χ1n) is 11.5. The highest BCUT2D eigenvalue weighted by Crippen LogP contribution is 2.38. The summed E-state index contributed by atoms with van der Waals surface area (Å²) in [4.78, 5) is 33.1. The van der Waals surface area contributed by atoms with Crippen LogP contribution in [0.15, 0.2) is 59.7 Å². The predicted molar refractivity (Wildman–Crippen MR) is 125 cm³/mol. The van der Waals surface area contributed by atoms with Crippen molar-refractivity contribution in [3.8, 4) is 0 Å². The highest BCUT2D eigenvalue weighted by Gasteiger charge is 2.41. The predicted octanol–water partition coefficient (Wildman–Crippen LogP) is 4.12. The number of aromatic nitrogens is 2. The molecule has 1 aliphatic heterocycles. The number of aryl methyl sites for hydroxylation is 2. The van der Waals surface area contributed by atoms with Crippen molar-refractivity contribution in [2.45, 2.75) is 52.1 Å².